The van der Waals surface area contributed by atoms with E-state index in [4.69, 9.17) is 14.3 Å². The van der Waals surface area contributed by atoms with E-state index < -0.39 is 17.4 Å². The average Bonchev–Trinajstić information content (AvgIpc) is 3.53. The number of anilines is 1. The molecule has 2 aliphatic rings. The summed E-state index contributed by atoms with van der Waals surface area (Å²) in [4.78, 5) is 33.4. The number of amides is 1. The van der Waals surface area contributed by atoms with Crippen molar-refractivity contribution in [2.45, 2.75) is 5.60 Å². The second kappa shape index (κ2) is 7.24. The maximum Gasteiger partial charge on any atom is 0.277 e. The summed E-state index contributed by atoms with van der Waals surface area (Å²) in [6.45, 7) is 0. The Morgan fingerprint density at radius 2 is 1.97 bits per heavy atom. The lowest BCUT2D eigenvalue weighted by atomic mass is 9.75. The van der Waals surface area contributed by atoms with Crippen molar-refractivity contribution in [2.24, 2.45) is 11.1 Å². The summed E-state index contributed by atoms with van der Waals surface area (Å²) in [5, 5.41) is 8.95. The Balaban J connectivity index is 1.73. The number of benzene rings is 2. The molecule has 2 atom stereocenters. The molecule has 5 rings (SSSR count). The number of thiophene rings is 1. The molecular formula is C23H18N2O5S. The van der Waals surface area contributed by atoms with Crippen molar-refractivity contribution in [3.63, 3.8) is 0 Å². The Morgan fingerprint density at radius 1 is 1.13 bits per heavy atom. The van der Waals surface area contributed by atoms with Crippen LogP contribution in [-0.4, -0.2) is 31.6 Å². The van der Waals surface area contributed by atoms with Gasteiger partial charge < -0.3 is 19.6 Å². The Bertz CT molecular complexity index is 1220. The Kier molecular flexibility index (Phi) is 4.51. The number of ketones is 1. The molecule has 3 aromatic rings. The molecule has 0 fully saturated rings. The maximum atomic E-state index is 13.8. The van der Waals surface area contributed by atoms with Crippen LogP contribution in [-0.2, 0) is 15.2 Å². The van der Waals surface area contributed by atoms with Crippen LogP contribution in [0, 0.1) is 5.92 Å². The van der Waals surface area contributed by atoms with Crippen LogP contribution in [0.3, 0.4) is 0 Å². The molecule has 2 aromatic carbocycles. The lowest BCUT2D eigenvalue weighted by Crippen LogP contribution is -2.46. The predicted molar refractivity (Wildman–Crippen MR) is 116 cm³/mol. The van der Waals surface area contributed by atoms with Crippen molar-refractivity contribution in [1.82, 2.24) is 0 Å². The van der Waals surface area contributed by atoms with E-state index >= 15 is 0 Å². The normalized spacial score (nSPS) is 21.3. The minimum atomic E-state index is -1.60. The molecular weight excluding hydrogens is 416 g/mol. The van der Waals surface area contributed by atoms with Crippen LogP contribution >= 0.6 is 11.3 Å². The first-order chi connectivity index (χ1) is 15.1. The van der Waals surface area contributed by atoms with Crippen LogP contribution in [0.4, 0.5) is 5.69 Å². The highest BCUT2D eigenvalue weighted by Crippen LogP contribution is 2.50. The second-order valence-corrected chi connectivity index (χ2v) is 8.09. The fraction of sp³-hybridized carbons (Fsp3) is 0.174. The minimum absolute atomic E-state index is 0.247. The van der Waals surface area contributed by atoms with Crippen molar-refractivity contribution in [3.8, 4) is 11.5 Å². The summed E-state index contributed by atoms with van der Waals surface area (Å²) < 4.78 is 10.9. The minimum Gasteiger partial charge on any atom is -0.497 e. The molecule has 0 saturated carbocycles. The summed E-state index contributed by atoms with van der Waals surface area (Å²) >= 11 is 1.31. The first-order valence-electron chi connectivity index (χ1n) is 9.57. The van der Waals surface area contributed by atoms with Gasteiger partial charge in [0.25, 0.3) is 11.5 Å². The number of oxime groups is 1. The highest BCUT2D eigenvalue weighted by Gasteiger charge is 2.63. The molecule has 156 valence electrons. The highest BCUT2D eigenvalue weighted by atomic mass is 32.1. The van der Waals surface area contributed by atoms with Gasteiger partial charge in [0.2, 0.25) is 0 Å². The molecule has 1 aromatic heterocycles. The van der Waals surface area contributed by atoms with Crippen LogP contribution < -0.4 is 14.8 Å². The number of rotatable bonds is 5. The molecule has 1 N–H and O–H groups in total. The average molecular weight is 434 g/mol. The molecule has 3 heterocycles. The number of carbonyl (C=O) groups is 2. The first-order valence-corrected chi connectivity index (χ1v) is 10.4. The van der Waals surface area contributed by atoms with E-state index in [0.717, 1.165) is 0 Å². The van der Waals surface area contributed by atoms with Gasteiger partial charge >= 0.3 is 0 Å². The van der Waals surface area contributed by atoms with Gasteiger partial charge in [0.15, 0.2) is 5.78 Å². The molecule has 0 saturated heterocycles. The fourth-order valence-electron chi connectivity index (χ4n) is 4.14. The SMILES string of the molecule is COc1ccc(OC)c(C2=NO[C@]3(C(=O)Nc4ccccc43)[C@H]2C(=O)c2cccs2)c1. The van der Waals surface area contributed by atoms with Crippen LogP contribution in [0.5, 0.6) is 11.5 Å². The van der Waals surface area contributed by atoms with Crippen LogP contribution in [0.15, 0.2) is 65.1 Å². The third-order valence-corrected chi connectivity index (χ3v) is 6.47. The molecule has 0 unspecified atom stereocenters. The van der Waals surface area contributed by atoms with Crippen molar-refractivity contribution >= 4 is 34.4 Å². The van der Waals surface area contributed by atoms with Crippen LogP contribution in [0.25, 0.3) is 0 Å². The third kappa shape index (κ3) is 2.75. The number of para-hydroxylation sites is 1. The number of fused-ring (bicyclic) bond motifs is 2. The van der Waals surface area contributed by atoms with Gasteiger partial charge in [-0.2, -0.15) is 0 Å². The van der Waals surface area contributed by atoms with Gasteiger partial charge in [-0.1, -0.05) is 29.4 Å². The van der Waals surface area contributed by atoms with E-state index in [1.807, 2.05) is 11.4 Å². The number of hydrogen-bond donors (Lipinski definition) is 1. The van der Waals surface area contributed by atoms with E-state index in [9.17, 15) is 9.59 Å². The standard InChI is InChI=1S/C23H18N2O5S/c1-28-13-9-10-17(29-2)14(12-13)20-19(21(26)18-8-5-11-31-18)23(30-25-20)15-6-3-4-7-16(15)24-22(23)27/h3-12,19H,1-2H3,(H,24,27)/t19-,23+/m1/s1. The molecule has 7 nitrogen and oxygen atoms in total. The number of methoxy groups -OCH3 is 2. The first kappa shape index (κ1) is 19.3. The molecule has 31 heavy (non-hydrogen) atoms. The van der Waals surface area contributed by atoms with Gasteiger partial charge in [0.05, 0.1) is 19.1 Å². The molecule has 0 bridgehead atoms. The topological polar surface area (TPSA) is 86.2 Å². The van der Waals surface area contributed by atoms with Crippen molar-refractivity contribution in [3.05, 3.63) is 76.0 Å². The van der Waals surface area contributed by atoms with Gasteiger partial charge in [-0.15, -0.1) is 11.3 Å². The van der Waals surface area contributed by atoms with Gasteiger partial charge in [-0.25, -0.2) is 0 Å². The number of carbonyl (C=O) groups excluding carboxylic acids is 2. The molecule has 0 aliphatic carbocycles. The Morgan fingerprint density at radius 3 is 2.71 bits per heavy atom. The number of nitrogens with zero attached hydrogens (tertiary/aromatic N) is 1. The quantitative estimate of drug-likeness (QED) is 0.617. The Hall–Kier alpha value is -3.65. The third-order valence-electron chi connectivity index (χ3n) is 5.59. The van der Waals surface area contributed by atoms with Gasteiger partial charge in [0, 0.05) is 16.8 Å². The van der Waals surface area contributed by atoms with Gasteiger partial charge in [-0.05, 0) is 35.7 Å². The largest absolute Gasteiger partial charge is 0.497 e. The van der Waals surface area contributed by atoms with Crippen molar-refractivity contribution < 1.29 is 23.9 Å². The van der Waals surface area contributed by atoms with E-state index in [1.54, 1.807) is 55.6 Å². The molecule has 2 aliphatic heterocycles. The lowest BCUT2D eigenvalue weighted by molar-refractivity contribution is -0.140. The smallest absolute Gasteiger partial charge is 0.277 e. The zero-order chi connectivity index (χ0) is 21.6. The van der Waals surface area contributed by atoms with E-state index in [1.165, 1.54) is 18.4 Å². The van der Waals surface area contributed by atoms with E-state index in [0.29, 0.717) is 38.9 Å². The highest BCUT2D eigenvalue weighted by molar-refractivity contribution is 7.12. The maximum absolute atomic E-state index is 13.8. The molecule has 1 amide bonds. The number of Topliss-reactive ketones (excluding diaryl/α,β-unsaturated/α-hetero) is 1. The molecule has 1 spiro atoms. The summed E-state index contributed by atoms with van der Waals surface area (Å²) in [5.74, 6) is -0.614. The summed E-state index contributed by atoms with van der Waals surface area (Å²) in [5.41, 5.74) is 0.439. The van der Waals surface area contributed by atoms with Gasteiger partial charge in [-0.3, -0.25) is 9.59 Å². The van der Waals surface area contributed by atoms with Crippen molar-refractivity contribution in [2.75, 3.05) is 19.5 Å². The number of hydrogen-bond acceptors (Lipinski definition) is 7. The summed E-state index contributed by atoms with van der Waals surface area (Å²) in [7, 11) is 3.08. The molecule has 0 radical (unpaired) electrons. The van der Waals surface area contributed by atoms with Crippen LogP contribution in [0.2, 0.25) is 0 Å². The number of nitrogens with one attached hydrogen (secondary N) is 1. The fourth-order valence-corrected chi connectivity index (χ4v) is 4.83. The number of ether oxygens (including phenoxy) is 2. The van der Waals surface area contributed by atoms with Crippen LogP contribution in [0.1, 0.15) is 20.8 Å². The summed E-state index contributed by atoms with van der Waals surface area (Å²) in [6.07, 6.45) is 0. The van der Waals surface area contributed by atoms with E-state index in [2.05, 4.69) is 10.5 Å². The predicted octanol–water partition coefficient (Wildman–Crippen LogP) is 3.85. The van der Waals surface area contributed by atoms with E-state index in [-0.39, 0.29) is 5.78 Å². The molecule has 8 heteroatoms. The van der Waals surface area contributed by atoms with Gasteiger partial charge in [0.1, 0.15) is 23.1 Å². The zero-order valence-electron chi connectivity index (χ0n) is 16.7. The monoisotopic (exact) mass is 434 g/mol. The lowest BCUT2D eigenvalue weighted by Gasteiger charge is -2.26. The summed E-state index contributed by atoms with van der Waals surface area (Å²) in [6, 6.07) is 15.9. The zero-order valence-corrected chi connectivity index (χ0v) is 17.6. The second-order valence-electron chi connectivity index (χ2n) is 7.14. The Labute approximate surface area is 182 Å². The van der Waals surface area contributed by atoms with Crippen molar-refractivity contribution in [1.29, 1.82) is 0 Å².